The molecule has 1 amide bonds. The van der Waals surface area contributed by atoms with Crippen molar-refractivity contribution >= 4 is 11.9 Å². The molecule has 1 rings (SSSR count). The van der Waals surface area contributed by atoms with E-state index in [1.54, 1.807) is 0 Å². The number of carbonyl (C=O) groups excluding carboxylic acids is 1. The molecule has 1 aromatic rings. The zero-order valence-electron chi connectivity index (χ0n) is 8.50. The van der Waals surface area contributed by atoms with Crippen LogP contribution in [0.2, 0.25) is 0 Å². The zero-order valence-corrected chi connectivity index (χ0v) is 8.50. The van der Waals surface area contributed by atoms with E-state index >= 15 is 0 Å². The quantitative estimate of drug-likeness (QED) is 0.743. The number of H-pyrrole nitrogens is 1. The van der Waals surface area contributed by atoms with Gasteiger partial charge in [0.2, 0.25) is 5.95 Å². The number of nitrogens with zero attached hydrogens (tertiary/aromatic N) is 2. The van der Waals surface area contributed by atoms with Crippen molar-refractivity contribution in [2.45, 2.75) is 26.4 Å². The average molecular weight is 198 g/mol. The monoisotopic (exact) mass is 198 g/mol. The SMILES string of the molecule is CC(C)(C)OCC(=O)Nc1ncn[nH]1. The largest absolute Gasteiger partial charge is 0.366 e. The Hall–Kier alpha value is -1.43. The van der Waals surface area contributed by atoms with Gasteiger partial charge in [-0.05, 0) is 20.8 Å². The molecule has 0 aromatic carbocycles. The third kappa shape index (κ3) is 3.99. The van der Waals surface area contributed by atoms with Gasteiger partial charge < -0.3 is 4.74 Å². The van der Waals surface area contributed by atoms with Crippen LogP contribution in [0.1, 0.15) is 20.8 Å². The van der Waals surface area contributed by atoms with Crippen LogP contribution in [-0.4, -0.2) is 33.3 Å². The standard InChI is InChI=1S/C8H14N4O2/c1-8(2,3)14-4-6(13)11-7-9-5-10-12-7/h5H,4H2,1-3H3,(H2,9,10,11,12,13). The summed E-state index contributed by atoms with van der Waals surface area (Å²) in [5.41, 5.74) is -0.321. The molecule has 1 aromatic heterocycles. The summed E-state index contributed by atoms with van der Waals surface area (Å²) in [6, 6.07) is 0. The Morgan fingerprint density at radius 2 is 2.36 bits per heavy atom. The average Bonchev–Trinajstić information content (AvgIpc) is 2.52. The Morgan fingerprint density at radius 3 is 2.86 bits per heavy atom. The number of aromatic nitrogens is 3. The van der Waals surface area contributed by atoms with Gasteiger partial charge in [0.15, 0.2) is 0 Å². The second-order valence-corrected chi connectivity index (χ2v) is 3.78. The molecule has 78 valence electrons. The summed E-state index contributed by atoms with van der Waals surface area (Å²) in [5, 5.41) is 8.61. The van der Waals surface area contributed by atoms with E-state index in [2.05, 4.69) is 20.5 Å². The van der Waals surface area contributed by atoms with Crippen LogP contribution < -0.4 is 5.32 Å². The van der Waals surface area contributed by atoms with Crippen molar-refractivity contribution in [3.05, 3.63) is 6.33 Å². The smallest absolute Gasteiger partial charge is 0.252 e. The van der Waals surface area contributed by atoms with Gasteiger partial charge in [0.05, 0.1) is 5.60 Å². The fraction of sp³-hybridized carbons (Fsp3) is 0.625. The fourth-order valence-electron chi connectivity index (χ4n) is 0.716. The van der Waals surface area contributed by atoms with Crippen LogP contribution in [0.15, 0.2) is 6.33 Å². The summed E-state index contributed by atoms with van der Waals surface area (Å²) in [6.07, 6.45) is 1.32. The van der Waals surface area contributed by atoms with Gasteiger partial charge in [-0.25, -0.2) is 5.10 Å². The molecule has 0 radical (unpaired) electrons. The first kappa shape index (κ1) is 10.6. The molecule has 1 heterocycles. The predicted octanol–water partition coefficient (Wildman–Crippen LogP) is 0.558. The van der Waals surface area contributed by atoms with Crippen molar-refractivity contribution in [1.82, 2.24) is 15.2 Å². The third-order valence-corrected chi connectivity index (χ3v) is 1.31. The summed E-state index contributed by atoms with van der Waals surface area (Å²) in [4.78, 5) is 15.0. The second kappa shape index (κ2) is 4.19. The van der Waals surface area contributed by atoms with Gasteiger partial charge in [-0.3, -0.25) is 10.1 Å². The molecule has 2 N–H and O–H groups in total. The first-order chi connectivity index (χ1) is 6.47. The van der Waals surface area contributed by atoms with Crippen molar-refractivity contribution in [3.63, 3.8) is 0 Å². The molecule has 0 aliphatic heterocycles. The van der Waals surface area contributed by atoms with E-state index in [4.69, 9.17) is 4.74 Å². The molecular formula is C8H14N4O2. The molecule has 0 atom stereocenters. The maximum Gasteiger partial charge on any atom is 0.252 e. The van der Waals surface area contributed by atoms with Gasteiger partial charge in [-0.15, -0.1) is 0 Å². The van der Waals surface area contributed by atoms with E-state index in [9.17, 15) is 4.79 Å². The van der Waals surface area contributed by atoms with Gasteiger partial charge in [-0.1, -0.05) is 0 Å². The number of ether oxygens (including phenoxy) is 1. The summed E-state index contributed by atoms with van der Waals surface area (Å²) >= 11 is 0. The van der Waals surface area contributed by atoms with Gasteiger partial charge in [0.1, 0.15) is 12.9 Å². The molecule has 0 aliphatic carbocycles. The van der Waals surface area contributed by atoms with E-state index < -0.39 is 0 Å². The minimum Gasteiger partial charge on any atom is -0.366 e. The highest BCUT2D eigenvalue weighted by atomic mass is 16.5. The topological polar surface area (TPSA) is 79.9 Å². The van der Waals surface area contributed by atoms with Crippen LogP contribution in [-0.2, 0) is 9.53 Å². The lowest BCUT2D eigenvalue weighted by Crippen LogP contribution is -2.27. The molecule has 0 saturated heterocycles. The minimum absolute atomic E-state index is 0.00417. The summed E-state index contributed by atoms with van der Waals surface area (Å²) < 4.78 is 5.27. The summed E-state index contributed by atoms with van der Waals surface area (Å²) in [5.74, 6) is 0.0733. The lowest BCUT2D eigenvalue weighted by atomic mass is 10.2. The molecule has 0 spiro atoms. The number of amides is 1. The van der Waals surface area contributed by atoms with E-state index in [1.807, 2.05) is 20.8 Å². The first-order valence-electron chi connectivity index (χ1n) is 4.26. The van der Waals surface area contributed by atoms with Gasteiger partial charge in [-0.2, -0.15) is 10.1 Å². The molecule has 6 heteroatoms. The number of nitrogens with one attached hydrogen (secondary N) is 2. The number of rotatable bonds is 3. The van der Waals surface area contributed by atoms with E-state index in [0.29, 0.717) is 5.95 Å². The van der Waals surface area contributed by atoms with Crippen molar-refractivity contribution in [1.29, 1.82) is 0 Å². The van der Waals surface area contributed by atoms with Gasteiger partial charge in [0.25, 0.3) is 5.91 Å². The molecular weight excluding hydrogens is 184 g/mol. The lowest BCUT2D eigenvalue weighted by Gasteiger charge is -2.18. The van der Waals surface area contributed by atoms with Crippen molar-refractivity contribution in [2.75, 3.05) is 11.9 Å². The molecule has 14 heavy (non-hydrogen) atoms. The van der Waals surface area contributed by atoms with Crippen molar-refractivity contribution in [2.24, 2.45) is 0 Å². The van der Waals surface area contributed by atoms with Crippen molar-refractivity contribution in [3.8, 4) is 0 Å². The summed E-state index contributed by atoms with van der Waals surface area (Å²) in [6.45, 7) is 5.66. The lowest BCUT2D eigenvalue weighted by molar-refractivity contribution is -0.125. The van der Waals surface area contributed by atoms with E-state index in [-0.39, 0.29) is 18.1 Å². The maximum atomic E-state index is 11.2. The minimum atomic E-state index is -0.321. The van der Waals surface area contributed by atoms with Crippen LogP contribution in [0.5, 0.6) is 0 Å². The van der Waals surface area contributed by atoms with Crippen LogP contribution in [0.25, 0.3) is 0 Å². The third-order valence-electron chi connectivity index (χ3n) is 1.31. The first-order valence-corrected chi connectivity index (χ1v) is 4.26. The van der Waals surface area contributed by atoms with Crippen LogP contribution in [0.3, 0.4) is 0 Å². The molecule has 6 nitrogen and oxygen atoms in total. The highest BCUT2D eigenvalue weighted by Gasteiger charge is 2.13. The number of hydrogen-bond donors (Lipinski definition) is 2. The van der Waals surface area contributed by atoms with E-state index in [0.717, 1.165) is 0 Å². The molecule has 0 fully saturated rings. The Balaban J connectivity index is 2.30. The number of carbonyl (C=O) groups is 1. The summed E-state index contributed by atoms with van der Waals surface area (Å²) in [7, 11) is 0. The number of hydrogen-bond acceptors (Lipinski definition) is 4. The fourth-order valence-corrected chi connectivity index (χ4v) is 0.716. The predicted molar refractivity (Wildman–Crippen MR) is 50.7 cm³/mol. The Bertz CT molecular complexity index is 289. The molecule has 0 bridgehead atoms. The second-order valence-electron chi connectivity index (χ2n) is 3.78. The highest BCUT2D eigenvalue weighted by Crippen LogP contribution is 2.06. The molecule has 0 aliphatic rings. The molecule has 0 unspecified atom stereocenters. The van der Waals surface area contributed by atoms with Gasteiger partial charge >= 0.3 is 0 Å². The van der Waals surface area contributed by atoms with E-state index in [1.165, 1.54) is 6.33 Å². The molecule has 0 saturated carbocycles. The Morgan fingerprint density at radius 1 is 1.64 bits per heavy atom. The highest BCUT2D eigenvalue weighted by molar-refractivity contribution is 5.89. The number of aromatic amines is 1. The number of anilines is 1. The van der Waals surface area contributed by atoms with Crippen LogP contribution in [0, 0.1) is 0 Å². The Kier molecular flexibility index (Phi) is 3.19. The maximum absolute atomic E-state index is 11.2. The zero-order chi connectivity index (χ0) is 10.6. The van der Waals surface area contributed by atoms with Gasteiger partial charge in [0, 0.05) is 0 Å². The normalized spacial score (nSPS) is 11.4. The van der Waals surface area contributed by atoms with Crippen LogP contribution >= 0.6 is 0 Å². The Labute approximate surface area is 82.1 Å². The van der Waals surface area contributed by atoms with Crippen molar-refractivity contribution < 1.29 is 9.53 Å². The van der Waals surface area contributed by atoms with Crippen LogP contribution in [0.4, 0.5) is 5.95 Å².